The Morgan fingerprint density at radius 1 is 1.12 bits per heavy atom. The van der Waals surface area contributed by atoms with Crippen molar-refractivity contribution in [2.75, 3.05) is 26.7 Å². The van der Waals surface area contributed by atoms with Gasteiger partial charge in [0.2, 0.25) is 17.7 Å². The number of amides is 3. The first-order chi connectivity index (χ1) is 15.4. The number of likely N-dealkylation sites (N-methyl/N-ethyl adjacent to an activating group) is 1. The SMILES string of the molecule is CC(C)C[C@H](CO)N1C(=O)[C@@H]2[C@H]3C(=O)N(C)CC=C[C@H]3S[C@@]23C=CCN(C(C)(C)C)C(=O)C13. The van der Waals surface area contributed by atoms with E-state index < -0.39 is 34.2 Å². The van der Waals surface area contributed by atoms with E-state index in [0.29, 0.717) is 19.5 Å². The number of rotatable bonds is 4. The monoisotopic (exact) mass is 475 g/mol. The lowest BCUT2D eigenvalue weighted by Gasteiger charge is -2.42. The molecule has 0 aromatic carbocycles. The van der Waals surface area contributed by atoms with Gasteiger partial charge in [-0.25, -0.2) is 0 Å². The minimum Gasteiger partial charge on any atom is -0.394 e. The number of hydrogen-bond acceptors (Lipinski definition) is 5. The Morgan fingerprint density at radius 2 is 1.82 bits per heavy atom. The minimum atomic E-state index is -0.827. The number of likely N-dealkylation sites (tertiary alicyclic amines) is 1. The molecule has 7 nitrogen and oxygen atoms in total. The molecule has 4 heterocycles. The number of aliphatic hydroxyl groups excluding tert-OH is 1. The largest absolute Gasteiger partial charge is 0.394 e. The molecule has 0 aromatic rings. The fourth-order valence-corrected chi connectivity index (χ4v) is 8.01. The van der Waals surface area contributed by atoms with Crippen LogP contribution in [-0.2, 0) is 14.4 Å². The summed E-state index contributed by atoms with van der Waals surface area (Å²) >= 11 is 1.59. The Kier molecular flexibility index (Phi) is 6.23. The molecule has 1 spiro atoms. The first-order valence-corrected chi connectivity index (χ1v) is 12.8. The number of fused-ring (bicyclic) bond motifs is 2. The van der Waals surface area contributed by atoms with Crippen LogP contribution in [0, 0.1) is 17.8 Å². The summed E-state index contributed by atoms with van der Waals surface area (Å²) < 4.78 is -0.827. The Hall–Kier alpha value is -1.80. The standard InChI is InChI=1S/C25H37N3O4S/c1-15(2)13-16(14-29)28-20-23(32)27(24(3,4)5)12-8-10-25(20)19(22(28)31)18-17(33-25)9-7-11-26(6)21(18)30/h7-10,15-20,29H,11-14H2,1-6H3/t16-,17-,18+,19+,20?,25+/m1/s1. The highest BCUT2D eigenvalue weighted by atomic mass is 32.2. The summed E-state index contributed by atoms with van der Waals surface area (Å²) in [6.45, 7) is 10.9. The van der Waals surface area contributed by atoms with Crippen LogP contribution in [0.25, 0.3) is 0 Å². The first kappa shape index (κ1) is 24.3. The van der Waals surface area contributed by atoms with Crippen LogP contribution >= 0.6 is 11.8 Å². The van der Waals surface area contributed by atoms with Gasteiger partial charge >= 0.3 is 0 Å². The first-order valence-electron chi connectivity index (χ1n) is 12.0. The van der Waals surface area contributed by atoms with E-state index in [1.165, 1.54) is 0 Å². The summed E-state index contributed by atoms with van der Waals surface area (Å²) in [7, 11) is 1.77. The van der Waals surface area contributed by atoms with E-state index in [9.17, 15) is 19.5 Å². The Labute approximate surface area is 201 Å². The van der Waals surface area contributed by atoms with Crippen LogP contribution in [0.2, 0.25) is 0 Å². The molecular weight excluding hydrogens is 438 g/mol. The van der Waals surface area contributed by atoms with E-state index in [0.717, 1.165) is 0 Å². The molecule has 3 amide bonds. The van der Waals surface area contributed by atoms with Gasteiger partial charge in [-0.3, -0.25) is 14.4 Å². The van der Waals surface area contributed by atoms with Crippen molar-refractivity contribution < 1.29 is 19.5 Å². The van der Waals surface area contributed by atoms with Gasteiger partial charge in [0.25, 0.3) is 0 Å². The summed E-state index contributed by atoms with van der Waals surface area (Å²) in [4.78, 5) is 46.9. The number of carbonyl (C=O) groups excluding carboxylic acids is 3. The highest BCUT2D eigenvalue weighted by Gasteiger charge is 2.71. The molecule has 4 aliphatic heterocycles. The molecule has 4 rings (SSSR count). The van der Waals surface area contributed by atoms with Crippen LogP contribution in [0.5, 0.6) is 0 Å². The van der Waals surface area contributed by atoms with E-state index in [1.807, 2.05) is 50.0 Å². The predicted octanol–water partition coefficient (Wildman–Crippen LogP) is 1.92. The lowest BCUT2D eigenvalue weighted by atomic mass is 9.78. The summed E-state index contributed by atoms with van der Waals surface area (Å²) in [6, 6.07) is -1.21. The molecule has 1 unspecified atom stereocenters. The van der Waals surface area contributed by atoms with Gasteiger partial charge in [-0.05, 0) is 33.1 Å². The van der Waals surface area contributed by atoms with Crippen molar-refractivity contribution in [3.8, 4) is 0 Å². The maximum absolute atomic E-state index is 14.2. The fraction of sp³-hybridized carbons (Fsp3) is 0.720. The van der Waals surface area contributed by atoms with Crippen LogP contribution in [-0.4, -0.2) is 91.9 Å². The zero-order chi connectivity index (χ0) is 24.3. The summed E-state index contributed by atoms with van der Waals surface area (Å²) in [5.74, 6) is -1.22. The fourth-order valence-electron chi connectivity index (χ4n) is 6.02. The molecule has 0 radical (unpaired) electrons. The Bertz CT molecular complexity index is 895. The molecule has 6 atom stereocenters. The van der Waals surface area contributed by atoms with Gasteiger partial charge in [0, 0.05) is 30.9 Å². The third kappa shape index (κ3) is 3.73. The van der Waals surface area contributed by atoms with Crippen LogP contribution < -0.4 is 0 Å². The van der Waals surface area contributed by atoms with Gasteiger partial charge < -0.3 is 19.8 Å². The van der Waals surface area contributed by atoms with Crippen molar-refractivity contribution in [1.82, 2.24) is 14.7 Å². The van der Waals surface area contributed by atoms with E-state index in [2.05, 4.69) is 13.8 Å². The molecule has 1 N–H and O–H groups in total. The van der Waals surface area contributed by atoms with Gasteiger partial charge in [0.05, 0.1) is 29.2 Å². The second kappa shape index (κ2) is 8.45. The van der Waals surface area contributed by atoms with Crippen LogP contribution in [0.1, 0.15) is 41.0 Å². The van der Waals surface area contributed by atoms with E-state index in [-0.39, 0.29) is 35.5 Å². The van der Waals surface area contributed by atoms with Gasteiger partial charge in [-0.15, -0.1) is 11.8 Å². The zero-order valence-corrected chi connectivity index (χ0v) is 21.3. The molecular formula is C25H37N3O4S. The van der Waals surface area contributed by atoms with Crippen LogP contribution in [0.4, 0.5) is 0 Å². The van der Waals surface area contributed by atoms with E-state index in [4.69, 9.17) is 0 Å². The highest BCUT2D eigenvalue weighted by molar-refractivity contribution is 8.02. The van der Waals surface area contributed by atoms with Crippen molar-refractivity contribution in [2.24, 2.45) is 17.8 Å². The summed E-state index contributed by atoms with van der Waals surface area (Å²) in [5, 5.41) is 10.2. The molecule has 0 aromatic heterocycles. The zero-order valence-electron chi connectivity index (χ0n) is 20.5. The molecule has 8 heteroatoms. The van der Waals surface area contributed by atoms with Crippen molar-refractivity contribution in [2.45, 2.75) is 68.7 Å². The molecule has 4 aliphatic rings. The molecule has 182 valence electrons. The minimum absolute atomic E-state index is 0.0458. The second-order valence-corrected chi connectivity index (χ2v) is 12.7. The maximum atomic E-state index is 14.2. The van der Waals surface area contributed by atoms with Crippen molar-refractivity contribution in [3.05, 3.63) is 24.3 Å². The van der Waals surface area contributed by atoms with Crippen molar-refractivity contribution in [3.63, 3.8) is 0 Å². The number of aliphatic hydroxyl groups is 1. The molecule has 0 aliphatic carbocycles. The Morgan fingerprint density at radius 3 is 2.42 bits per heavy atom. The number of thioether (sulfide) groups is 1. The second-order valence-electron chi connectivity index (χ2n) is 11.2. The van der Waals surface area contributed by atoms with Crippen molar-refractivity contribution in [1.29, 1.82) is 0 Å². The molecule has 2 fully saturated rings. The molecule has 0 saturated carbocycles. The smallest absolute Gasteiger partial charge is 0.247 e. The van der Waals surface area contributed by atoms with Gasteiger partial charge in [-0.2, -0.15) is 0 Å². The normalized spacial score (nSPS) is 35.0. The molecule has 2 saturated heterocycles. The van der Waals surface area contributed by atoms with Gasteiger partial charge in [0.15, 0.2) is 0 Å². The average Bonchev–Trinajstić information content (AvgIpc) is 3.04. The Balaban J connectivity index is 1.88. The topological polar surface area (TPSA) is 81.2 Å². The lowest BCUT2D eigenvalue weighted by molar-refractivity contribution is -0.148. The quantitative estimate of drug-likeness (QED) is 0.629. The number of hydrogen-bond donors (Lipinski definition) is 1. The lowest BCUT2D eigenvalue weighted by Crippen LogP contribution is -2.59. The number of nitrogens with zero attached hydrogens (tertiary/aromatic N) is 3. The molecule has 33 heavy (non-hydrogen) atoms. The van der Waals surface area contributed by atoms with E-state index in [1.54, 1.807) is 28.6 Å². The predicted molar refractivity (Wildman–Crippen MR) is 129 cm³/mol. The third-order valence-electron chi connectivity index (χ3n) is 7.46. The third-order valence-corrected chi connectivity index (χ3v) is 9.20. The number of carbonyl (C=O) groups is 3. The van der Waals surface area contributed by atoms with Crippen molar-refractivity contribution >= 4 is 29.5 Å². The van der Waals surface area contributed by atoms with Crippen LogP contribution in [0.3, 0.4) is 0 Å². The van der Waals surface area contributed by atoms with Crippen LogP contribution in [0.15, 0.2) is 24.3 Å². The maximum Gasteiger partial charge on any atom is 0.247 e. The average molecular weight is 476 g/mol. The van der Waals surface area contributed by atoms with E-state index >= 15 is 0 Å². The summed E-state index contributed by atoms with van der Waals surface area (Å²) in [5.41, 5.74) is -0.421. The summed E-state index contributed by atoms with van der Waals surface area (Å²) in [6.07, 6.45) is 8.67. The van der Waals surface area contributed by atoms with Gasteiger partial charge in [0.1, 0.15) is 6.04 Å². The molecule has 0 bridgehead atoms. The van der Waals surface area contributed by atoms with Gasteiger partial charge in [-0.1, -0.05) is 38.2 Å². The highest BCUT2D eigenvalue weighted by Crippen LogP contribution is 2.61.